The molecule has 0 aromatic heterocycles. The average Bonchev–Trinajstić information content (AvgIpc) is 2.65. The summed E-state index contributed by atoms with van der Waals surface area (Å²) in [6.07, 6.45) is 0.875. The zero-order valence-corrected chi connectivity index (χ0v) is 16.3. The van der Waals surface area contributed by atoms with Crippen molar-refractivity contribution in [3.63, 3.8) is 0 Å². The average molecular weight is 368 g/mol. The normalized spacial score (nSPS) is 10.5. The summed E-state index contributed by atoms with van der Waals surface area (Å²) in [5.41, 5.74) is 1.78. The van der Waals surface area contributed by atoms with Crippen LogP contribution in [-0.2, 0) is 16.2 Å². The van der Waals surface area contributed by atoms with Crippen molar-refractivity contribution < 1.29 is 14.3 Å². The van der Waals surface area contributed by atoms with Crippen molar-refractivity contribution in [3.8, 4) is 5.75 Å². The number of nitrogens with one attached hydrogen (secondary N) is 1. The van der Waals surface area contributed by atoms with Crippen molar-refractivity contribution in [2.75, 3.05) is 18.4 Å². The molecule has 0 heterocycles. The number of amides is 2. The Bertz CT molecular complexity index is 727. The van der Waals surface area contributed by atoms with Crippen LogP contribution in [0.3, 0.4) is 0 Å². The van der Waals surface area contributed by atoms with Crippen LogP contribution in [0.2, 0.25) is 0 Å². The summed E-state index contributed by atoms with van der Waals surface area (Å²) in [6, 6.07) is 17.2. The van der Waals surface area contributed by atoms with Gasteiger partial charge in [-0.15, -0.1) is 0 Å². The highest BCUT2D eigenvalue weighted by Gasteiger charge is 2.14. The topological polar surface area (TPSA) is 58.6 Å². The van der Waals surface area contributed by atoms with Crippen molar-refractivity contribution in [2.45, 2.75) is 33.8 Å². The summed E-state index contributed by atoms with van der Waals surface area (Å²) in [7, 11) is 0. The van der Waals surface area contributed by atoms with Crippen LogP contribution in [0.4, 0.5) is 5.69 Å². The van der Waals surface area contributed by atoms with Crippen LogP contribution in [-0.4, -0.2) is 29.8 Å². The molecule has 0 bridgehead atoms. The van der Waals surface area contributed by atoms with Gasteiger partial charge in [0.2, 0.25) is 11.8 Å². The minimum atomic E-state index is -0.202. The summed E-state index contributed by atoms with van der Waals surface area (Å²) in [5.74, 6) is 0.930. The molecule has 2 rings (SSSR count). The Morgan fingerprint density at radius 1 is 1.04 bits per heavy atom. The third-order valence-corrected chi connectivity index (χ3v) is 4.14. The molecule has 0 atom stereocenters. The molecule has 27 heavy (non-hydrogen) atoms. The molecule has 144 valence electrons. The SMILES string of the molecule is CC(=O)N(CCC(C)C)CC(=O)Nc1ccc(OCc2ccccc2)cc1. The fourth-order valence-corrected chi connectivity index (χ4v) is 2.51. The van der Waals surface area contributed by atoms with E-state index in [1.807, 2.05) is 42.5 Å². The van der Waals surface area contributed by atoms with Gasteiger partial charge in [-0.3, -0.25) is 9.59 Å². The first kappa shape index (κ1) is 20.5. The van der Waals surface area contributed by atoms with Gasteiger partial charge in [0.25, 0.3) is 0 Å². The number of carbonyl (C=O) groups is 2. The quantitative estimate of drug-likeness (QED) is 0.725. The van der Waals surface area contributed by atoms with Crippen LogP contribution in [0.5, 0.6) is 5.75 Å². The van der Waals surface area contributed by atoms with Crippen LogP contribution in [0.25, 0.3) is 0 Å². The van der Waals surface area contributed by atoms with Crippen molar-refractivity contribution >= 4 is 17.5 Å². The highest BCUT2D eigenvalue weighted by molar-refractivity contribution is 5.94. The molecule has 2 aromatic carbocycles. The number of nitrogens with zero attached hydrogens (tertiary/aromatic N) is 1. The van der Waals surface area contributed by atoms with Gasteiger partial charge in [-0.25, -0.2) is 0 Å². The van der Waals surface area contributed by atoms with E-state index in [0.717, 1.165) is 17.7 Å². The molecule has 0 unspecified atom stereocenters. The summed E-state index contributed by atoms with van der Waals surface area (Å²) < 4.78 is 5.74. The van der Waals surface area contributed by atoms with Gasteiger partial charge in [0.15, 0.2) is 0 Å². The monoisotopic (exact) mass is 368 g/mol. The van der Waals surface area contributed by atoms with E-state index in [4.69, 9.17) is 4.74 Å². The van der Waals surface area contributed by atoms with Gasteiger partial charge in [-0.05, 0) is 42.2 Å². The number of hydrogen-bond donors (Lipinski definition) is 1. The lowest BCUT2D eigenvalue weighted by Crippen LogP contribution is -2.37. The number of carbonyl (C=O) groups excluding carboxylic acids is 2. The predicted molar refractivity (Wildman–Crippen MR) is 108 cm³/mol. The van der Waals surface area contributed by atoms with Crippen LogP contribution >= 0.6 is 0 Å². The third kappa shape index (κ3) is 7.52. The molecule has 5 heteroatoms. The lowest BCUT2D eigenvalue weighted by Gasteiger charge is -2.21. The molecule has 0 fully saturated rings. The number of hydrogen-bond acceptors (Lipinski definition) is 3. The van der Waals surface area contributed by atoms with E-state index in [1.165, 1.54) is 6.92 Å². The second-order valence-corrected chi connectivity index (χ2v) is 6.97. The highest BCUT2D eigenvalue weighted by atomic mass is 16.5. The lowest BCUT2D eigenvalue weighted by molar-refractivity contribution is -0.132. The Balaban J connectivity index is 1.83. The molecule has 0 radical (unpaired) electrons. The molecule has 0 saturated carbocycles. The Hall–Kier alpha value is -2.82. The molecule has 0 spiro atoms. The molecule has 2 aromatic rings. The maximum absolute atomic E-state index is 12.2. The van der Waals surface area contributed by atoms with E-state index in [-0.39, 0.29) is 18.4 Å². The maximum atomic E-state index is 12.2. The van der Waals surface area contributed by atoms with Crippen LogP contribution in [0.15, 0.2) is 54.6 Å². The summed E-state index contributed by atoms with van der Waals surface area (Å²) in [4.78, 5) is 25.5. The van der Waals surface area contributed by atoms with Crippen LogP contribution in [0, 0.1) is 5.92 Å². The molecule has 1 N–H and O–H groups in total. The lowest BCUT2D eigenvalue weighted by atomic mass is 10.1. The van der Waals surface area contributed by atoms with E-state index < -0.39 is 0 Å². The van der Waals surface area contributed by atoms with Gasteiger partial charge in [-0.1, -0.05) is 44.2 Å². The molecular formula is C22H28N2O3. The van der Waals surface area contributed by atoms with Crippen molar-refractivity contribution in [3.05, 3.63) is 60.2 Å². The van der Waals surface area contributed by atoms with E-state index >= 15 is 0 Å². The number of benzene rings is 2. The van der Waals surface area contributed by atoms with Gasteiger partial charge < -0.3 is 15.0 Å². The van der Waals surface area contributed by atoms with Crippen molar-refractivity contribution in [1.29, 1.82) is 0 Å². The van der Waals surface area contributed by atoms with E-state index in [1.54, 1.807) is 17.0 Å². The molecule has 5 nitrogen and oxygen atoms in total. The first-order valence-electron chi connectivity index (χ1n) is 9.26. The molecule has 0 aliphatic heterocycles. The summed E-state index contributed by atoms with van der Waals surface area (Å²) >= 11 is 0. The van der Waals surface area contributed by atoms with Gasteiger partial charge >= 0.3 is 0 Å². The Labute approximate surface area is 161 Å². The Kier molecular flexibility index (Phi) is 7.86. The van der Waals surface area contributed by atoms with Gasteiger partial charge in [0, 0.05) is 19.2 Å². The number of rotatable bonds is 9. The minimum absolute atomic E-state index is 0.0638. The fraction of sp³-hybridized carbons (Fsp3) is 0.364. The van der Waals surface area contributed by atoms with Crippen molar-refractivity contribution in [1.82, 2.24) is 4.90 Å². The van der Waals surface area contributed by atoms with Crippen molar-refractivity contribution in [2.24, 2.45) is 5.92 Å². The second kappa shape index (κ2) is 10.4. The van der Waals surface area contributed by atoms with E-state index in [0.29, 0.717) is 24.8 Å². The third-order valence-electron chi connectivity index (χ3n) is 4.14. The molecule has 2 amide bonds. The van der Waals surface area contributed by atoms with Crippen LogP contribution in [0.1, 0.15) is 32.8 Å². The molecular weight excluding hydrogens is 340 g/mol. The second-order valence-electron chi connectivity index (χ2n) is 6.97. The van der Waals surface area contributed by atoms with E-state index in [2.05, 4.69) is 19.2 Å². The molecule has 0 saturated heterocycles. The summed E-state index contributed by atoms with van der Waals surface area (Å²) in [6.45, 7) is 6.84. The van der Waals surface area contributed by atoms with E-state index in [9.17, 15) is 9.59 Å². The first-order valence-corrected chi connectivity index (χ1v) is 9.26. The zero-order valence-electron chi connectivity index (χ0n) is 16.3. The first-order chi connectivity index (χ1) is 12.9. The Morgan fingerprint density at radius 3 is 2.30 bits per heavy atom. The fourth-order valence-electron chi connectivity index (χ4n) is 2.51. The standard InChI is InChI=1S/C22H28N2O3/c1-17(2)13-14-24(18(3)25)15-22(26)23-20-9-11-21(12-10-20)27-16-19-7-5-4-6-8-19/h4-12,17H,13-16H2,1-3H3,(H,23,26). The minimum Gasteiger partial charge on any atom is -0.489 e. The smallest absolute Gasteiger partial charge is 0.243 e. The maximum Gasteiger partial charge on any atom is 0.243 e. The number of anilines is 1. The molecule has 0 aliphatic rings. The zero-order chi connectivity index (χ0) is 19.6. The highest BCUT2D eigenvalue weighted by Crippen LogP contribution is 2.17. The molecule has 0 aliphatic carbocycles. The Morgan fingerprint density at radius 2 is 1.70 bits per heavy atom. The van der Waals surface area contributed by atoms with Gasteiger partial charge in [0.1, 0.15) is 12.4 Å². The largest absolute Gasteiger partial charge is 0.489 e. The van der Waals surface area contributed by atoms with Crippen LogP contribution < -0.4 is 10.1 Å². The number of ether oxygens (including phenoxy) is 1. The summed E-state index contributed by atoms with van der Waals surface area (Å²) in [5, 5.41) is 2.83. The van der Waals surface area contributed by atoms with Gasteiger partial charge in [0.05, 0.1) is 6.54 Å². The predicted octanol–water partition coefficient (Wildman–Crippen LogP) is 4.10. The van der Waals surface area contributed by atoms with Gasteiger partial charge in [-0.2, -0.15) is 0 Å².